The van der Waals surface area contributed by atoms with Gasteiger partial charge in [-0.05, 0) is 39.3 Å². The van der Waals surface area contributed by atoms with Gasteiger partial charge in [0.2, 0.25) is 5.78 Å². The second-order valence-electron chi connectivity index (χ2n) is 5.58. The average Bonchev–Trinajstić information content (AvgIpc) is 3.17. The molecule has 0 saturated carbocycles. The molecule has 0 N–H and O–H groups in total. The summed E-state index contributed by atoms with van der Waals surface area (Å²) in [6, 6.07) is 20.3. The number of rotatable bonds is 4. The number of halogens is 1. The van der Waals surface area contributed by atoms with E-state index in [0.717, 1.165) is 16.1 Å². The molecule has 3 nitrogen and oxygen atoms in total. The second-order valence-corrected chi connectivity index (χ2v) is 6.53. The van der Waals surface area contributed by atoms with Crippen molar-refractivity contribution in [3.8, 4) is 11.3 Å². The normalized spacial score (nSPS) is 10.4. The molecule has 5 heteroatoms. The molecule has 4 rings (SSSR count). The van der Waals surface area contributed by atoms with E-state index in [1.807, 2.05) is 46.5 Å². The van der Waals surface area contributed by atoms with Crippen LogP contribution in [-0.4, -0.2) is 10.8 Å². The van der Waals surface area contributed by atoms with Gasteiger partial charge in [0.1, 0.15) is 0 Å². The van der Waals surface area contributed by atoms with E-state index < -0.39 is 0 Å². The van der Waals surface area contributed by atoms with Crippen LogP contribution in [0.1, 0.15) is 9.67 Å². The Labute approximate surface area is 160 Å². The lowest BCUT2D eigenvalue weighted by atomic mass is 10.1. The van der Waals surface area contributed by atoms with Gasteiger partial charge in [0, 0.05) is 11.6 Å². The zero-order valence-corrected chi connectivity index (χ0v) is 15.7. The molecule has 0 amide bonds. The Bertz CT molecular complexity index is 998. The van der Waals surface area contributed by atoms with Gasteiger partial charge < -0.3 is 17.0 Å². The maximum absolute atomic E-state index is 12.1. The molecule has 0 spiro atoms. The smallest absolute Gasteiger partial charge is 0.287 e. The number of carbonyl (C=O) groups is 1. The number of fused-ring (bicyclic) bond motifs is 1. The Morgan fingerprint density at radius 2 is 1.84 bits per heavy atom. The van der Waals surface area contributed by atoms with Crippen LogP contribution in [0.15, 0.2) is 78.6 Å². The van der Waals surface area contributed by atoms with E-state index >= 15 is 0 Å². The van der Waals surface area contributed by atoms with Gasteiger partial charge in [-0.2, -0.15) is 0 Å². The minimum atomic E-state index is 0. The van der Waals surface area contributed by atoms with Crippen molar-refractivity contribution in [2.45, 2.75) is 6.54 Å². The average molecular weight is 411 g/mol. The fourth-order valence-electron chi connectivity index (χ4n) is 2.68. The van der Waals surface area contributed by atoms with Crippen LogP contribution >= 0.6 is 11.3 Å². The summed E-state index contributed by atoms with van der Waals surface area (Å²) in [5, 5.41) is 4.33. The quantitative estimate of drug-likeness (QED) is 0.373. The SMILES string of the molecule is O=C(C[n+]1ccc(-c2ccc3ccccc3c2)nc1)c1cccs1.[Br-]. The van der Waals surface area contributed by atoms with Gasteiger partial charge >= 0.3 is 0 Å². The van der Waals surface area contributed by atoms with Crippen molar-refractivity contribution in [3.05, 3.63) is 83.4 Å². The molecule has 0 aliphatic heterocycles. The van der Waals surface area contributed by atoms with Crippen molar-refractivity contribution in [2.75, 3.05) is 0 Å². The largest absolute Gasteiger partial charge is 1.00 e. The number of Topliss-reactive ketones (excluding diaryl/α,β-unsaturated/α-hetero) is 1. The molecule has 0 atom stereocenters. The summed E-state index contributed by atoms with van der Waals surface area (Å²) in [5.41, 5.74) is 1.98. The molecule has 25 heavy (non-hydrogen) atoms. The minimum Gasteiger partial charge on any atom is -1.00 e. The van der Waals surface area contributed by atoms with E-state index in [9.17, 15) is 4.79 Å². The molecule has 0 bridgehead atoms. The number of ketones is 1. The lowest BCUT2D eigenvalue weighted by Crippen LogP contribution is -3.00. The standard InChI is InChI=1S/C20H15N2OS.BrH/c23-19(20-6-3-11-24-20)13-22-10-9-18(21-14-22)17-8-7-15-4-1-2-5-16(15)12-17;/h1-12,14H,13H2;1H/q+1;/p-1. The number of benzene rings is 2. The van der Waals surface area contributed by atoms with E-state index in [2.05, 4.69) is 35.3 Å². The maximum atomic E-state index is 12.1. The fourth-order valence-corrected chi connectivity index (χ4v) is 3.33. The van der Waals surface area contributed by atoms with E-state index in [1.165, 1.54) is 22.1 Å². The highest BCUT2D eigenvalue weighted by molar-refractivity contribution is 7.12. The van der Waals surface area contributed by atoms with E-state index in [0.29, 0.717) is 6.54 Å². The number of thiophene rings is 1. The summed E-state index contributed by atoms with van der Waals surface area (Å²) >= 11 is 1.47. The molecule has 0 fully saturated rings. The van der Waals surface area contributed by atoms with Crippen molar-refractivity contribution >= 4 is 27.9 Å². The summed E-state index contributed by atoms with van der Waals surface area (Å²) in [6.07, 6.45) is 3.62. The topological polar surface area (TPSA) is 33.8 Å². The monoisotopic (exact) mass is 410 g/mol. The first-order chi connectivity index (χ1) is 11.8. The number of carbonyl (C=O) groups excluding carboxylic acids is 1. The molecular formula is C20H15BrN2OS. The van der Waals surface area contributed by atoms with E-state index in [-0.39, 0.29) is 22.8 Å². The van der Waals surface area contributed by atoms with E-state index in [4.69, 9.17) is 0 Å². The molecule has 0 aliphatic carbocycles. The molecule has 2 aromatic heterocycles. The Balaban J connectivity index is 0.00000182. The first kappa shape index (κ1) is 17.5. The molecule has 124 valence electrons. The first-order valence-corrected chi connectivity index (χ1v) is 8.58. The Hall–Kier alpha value is -2.37. The van der Waals surface area contributed by atoms with Crippen molar-refractivity contribution in [2.24, 2.45) is 0 Å². The lowest BCUT2D eigenvalue weighted by molar-refractivity contribution is -0.686. The Morgan fingerprint density at radius 1 is 1.00 bits per heavy atom. The zero-order valence-electron chi connectivity index (χ0n) is 13.3. The van der Waals surface area contributed by atoms with E-state index in [1.54, 1.807) is 6.33 Å². The number of aromatic nitrogens is 2. The van der Waals surface area contributed by atoms with Crippen LogP contribution in [0.25, 0.3) is 22.0 Å². The Kier molecular flexibility index (Phi) is 5.36. The molecule has 4 aromatic rings. The molecular weight excluding hydrogens is 396 g/mol. The van der Waals surface area contributed by atoms with Crippen LogP contribution in [0.5, 0.6) is 0 Å². The summed E-state index contributed by atoms with van der Waals surface area (Å²) in [6.45, 7) is 0.311. The summed E-state index contributed by atoms with van der Waals surface area (Å²) in [4.78, 5) is 17.4. The molecule has 0 saturated heterocycles. The second kappa shape index (κ2) is 7.68. The van der Waals surface area contributed by atoms with Crippen molar-refractivity contribution in [3.63, 3.8) is 0 Å². The predicted molar refractivity (Wildman–Crippen MR) is 96.0 cm³/mol. The van der Waals surface area contributed by atoms with Crippen LogP contribution in [0.3, 0.4) is 0 Å². The van der Waals surface area contributed by atoms with Gasteiger partial charge in [0.05, 0.1) is 11.1 Å². The highest BCUT2D eigenvalue weighted by Crippen LogP contribution is 2.22. The highest BCUT2D eigenvalue weighted by atomic mass is 79.9. The maximum Gasteiger partial charge on any atom is 0.287 e. The molecule has 0 aliphatic rings. The molecule has 2 heterocycles. The summed E-state index contributed by atoms with van der Waals surface area (Å²) < 4.78 is 1.81. The van der Waals surface area contributed by atoms with Crippen LogP contribution in [0, 0.1) is 0 Å². The fraction of sp³-hybridized carbons (Fsp3) is 0.0500. The van der Waals surface area contributed by atoms with Gasteiger partial charge in [-0.3, -0.25) is 4.79 Å². The number of nitrogens with zero attached hydrogens (tertiary/aromatic N) is 2. The van der Waals surface area contributed by atoms with Crippen LogP contribution in [-0.2, 0) is 6.54 Å². The van der Waals surface area contributed by atoms with Gasteiger partial charge in [-0.1, -0.05) is 36.4 Å². The first-order valence-electron chi connectivity index (χ1n) is 7.70. The molecule has 2 aromatic carbocycles. The lowest BCUT2D eigenvalue weighted by Gasteiger charge is -2.01. The molecule has 0 unspecified atom stereocenters. The number of hydrogen-bond acceptors (Lipinski definition) is 3. The minimum absolute atomic E-state index is 0. The Morgan fingerprint density at radius 3 is 2.56 bits per heavy atom. The van der Waals surface area contributed by atoms with Gasteiger partial charge in [0.15, 0.2) is 12.2 Å². The summed E-state index contributed by atoms with van der Waals surface area (Å²) in [7, 11) is 0. The van der Waals surface area contributed by atoms with Crippen molar-refractivity contribution in [1.29, 1.82) is 0 Å². The summed E-state index contributed by atoms with van der Waals surface area (Å²) in [5.74, 6) is 0.107. The predicted octanol–water partition coefficient (Wildman–Crippen LogP) is 1.14. The zero-order chi connectivity index (χ0) is 16.4. The van der Waals surface area contributed by atoms with Gasteiger partial charge in [-0.15, -0.1) is 11.3 Å². The van der Waals surface area contributed by atoms with Crippen molar-refractivity contribution in [1.82, 2.24) is 4.98 Å². The highest BCUT2D eigenvalue weighted by Gasteiger charge is 2.12. The third kappa shape index (κ3) is 3.83. The van der Waals surface area contributed by atoms with Crippen LogP contribution in [0.2, 0.25) is 0 Å². The third-order valence-corrected chi connectivity index (χ3v) is 4.85. The number of hydrogen-bond donors (Lipinski definition) is 0. The molecule has 0 radical (unpaired) electrons. The van der Waals surface area contributed by atoms with Gasteiger partial charge in [0.25, 0.3) is 6.33 Å². The van der Waals surface area contributed by atoms with Crippen molar-refractivity contribution < 1.29 is 26.3 Å². The van der Waals surface area contributed by atoms with Crippen LogP contribution < -0.4 is 21.5 Å². The van der Waals surface area contributed by atoms with Gasteiger partial charge in [-0.25, -0.2) is 4.57 Å². The van der Waals surface area contributed by atoms with Crippen LogP contribution in [0.4, 0.5) is 0 Å². The third-order valence-electron chi connectivity index (χ3n) is 3.94.